The molecule has 6 heteroatoms. The number of carboxylic acids is 1. The molecule has 1 heterocycles. The molecule has 2 rings (SSSR count). The zero-order valence-electron chi connectivity index (χ0n) is 11.6. The molecule has 1 aliphatic heterocycles. The SMILES string of the molecule is O=C(O)C1CCN(CCCc2c(F)cc(F)cc2F)CC1. The molecule has 0 amide bonds. The van der Waals surface area contributed by atoms with Gasteiger partial charge in [0.25, 0.3) is 0 Å². The number of hydrogen-bond acceptors (Lipinski definition) is 2. The van der Waals surface area contributed by atoms with E-state index in [-0.39, 0.29) is 17.9 Å². The second-order valence-corrected chi connectivity index (χ2v) is 5.41. The van der Waals surface area contributed by atoms with Crippen LogP contribution in [0.1, 0.15) is 24.8 Å². The molecule has 0 spiro atoms. The van der Waals surface area contributed by atoms with Crippen LogP contribution in [0.25, 0.3) is 0 Å². The fraction of sp³-hybridized carbons (Fsp3) is 0.533. The lowest BCUT2D eigenvalue weighted by molar-refractivity contribution is -0.143. The molecule has 0 aromatic heterocycles. The first-order chi connectivity index (χ1) is 9.97. The fourth-order valence-electron chi connectivity index (χ4n) is 2.69. The first-order valence-electron chi connectivity index (χ1n) is 7.06. The van der Waals surface area contributed by atoms with Gasteiger partial charge in [0, 0.05) is 17.7 Å². The minimum Gasteiger partial charge on any atom is -0.481 e. The van der Waals surface area contributed by atoms with Gasteiger partial charge in [-0.05, 0) is 45.3 Å². The Morgan fingerprint density at radius 1 is 1.19 bits per heavy atom. The molecule has 1 aromatic carbocycles. The van der Waals surface area contributed by atoms with E-state index in [2.05, 4.69) is 4.90 Å². The molecule has 1 saturated heterocycles. The quantitative estimate of drug-likeness (QED) is 0.909. The lowest BCUT2D eigenvalue weighted by atomic mass is 9.97. The number of hydrogen-bond donors (Lipinski definition) is 1. The molecular weight excluding hydrogens is 283 g/mol. The minimum absolute atomic E-state index is 0.0863. The summed E-state index contributed by atoms with van der Waals surface area (Å²) in [5, 5.41) is 8.90. The summed E-state index contributed by atoms with van der Waals surface area (Å²) in [6.07, 6.45) is 1.97. The molecule has 3 nitrogen and oxygen atoms in total. The molecule has 1 aliphatic rings. The maximum Gasteiger partial charge on any atom is 0.306 e. The summed E-state index contributed by atoms with van der Waals surface area (Å²) in [5.74, 6) is -3.66. The monoisotopic (exact) mass is 301 g/mol. The van der Waals surface area contributed by atoms with Crippen LogP contribution in [0.15, 0.2) is 12.1 Å². The van der Waals surface area contributed by atoms with Gasteiger partial charge in [0.15, 0.2) is 0 Å². The molecule has 116 valence electrons. The smallest absolute Gasteiger partial charge is 0.306 e. The predicted molar refractivity (Wildman–Crippen MR) is 71.4 cm³/mol. The highest BCUT2D eigenvalue weighted by molar-refractivity contribution is 5.70. The van der Waals surface area contributed by atoms with Crippen LogP contribution in [0.5, 0.6) is 0 Å². The molecule has 0 aliphatic carbocycles. The Hall–Kier alpha value is -1.56. The van der Waals surface area contributed by atoms with Gasteiger partial charge in [0.1, 0.15) is 17.5 Å². The molecule has 0 saturated carbocycles. The summed E-state index contributed by atoms with van der Waals surface area (Å²) in [4.78, 5) is 12.9. The first-order valence-corrected chi connectivity index (χ1v) is 7.06. The Morgan fingerprint density at radius 2 is 1.76 bits per heavy atom. The van der Waals surface area contributed by atoms with Crippen LogP contribution in [-0.2, 0) is 11.2 Å². The van der Waals surface area contributed by atoms with Crippen LogP contribution in [0, 0.1) is 23.4 Å². The van der Waals surface area contributed by atoms with E-state index in [1.165, 1.54) is 0 Å². The number of rotatable bonds is 5. The predicted octanol–water partition coefficient (Wildman–Crippen LogP) is 2.83. The third-order valence-electron chi connectivity index (χ3n) is 3.94. The topological polar surface area (TPSA) is 40.5 Å². The van der Waals surface area contributed by atoms with Crippen LogP contribution >= 0.6 is 0 Å². The molecule has 1 aromatic rings. The van der Waals surface area contributed by atoms with Gasteiger partial charge in [-0.1, -0.05) is 0 Å². The number of carbonyl (C=O) groups is 1. The van der Waals surface area contributed by atoms with Crippen LogP contribution in [-0.4, -0.2) is 35.6 Å². The summed E-state index contributed by atoms with van der Waals surface area (Å²) < 4.78 is 39.7. The standard InChI is InChI=1S/C15H18F3NO2/c16-11-8-13(17)12(14(18)9-11)2-1-5-19-6-3-10(4-7-19)15(20)21/h8-10H,1-7H2,(H,20,21). The van der Waals surface area contributed by atoms with E-state index in [4.69, 9.17) is 5.11 Å². The number of carboxylic acid groups (broad SMARTS) is 1. The van der Waals surface area contributed by atoms with Crippen molar-refractivity contribution in [2.45, 2.75) is 25.7 Å². The third kappa shape index (κ3) is 4.20. The molecule has 1 fully saturated rings. The number of nitrogens with zero attached hydrogens (tertiary/aromatic N) is 1. The van der Waals surface area contributed by atoms with Gasteiger partial charge < -0.3 is 10.0 Å². The largest absolute Gasteiger partial charge is 0.481 e. The van der Waals surface area contributed by atoms with Crippen molar-refractivity contribution in [2.75, 3.05) is 19.6 Å². The highest BCUT2D eigenvalue weighted by Gasteiger charge is 2.24. The molecule has 0 unspecified atom stereocenters. The second-order valence-electron chi connectivity index (χ2n) is 5.41. The summed E-state index contributed by atoms with van der Waals surface area (Å²) in [6.45, 7) is 2.03. The Balaban J connectivity index is 1.79. The van der Waals surface area contributed by atoms with Crippen molar-refractivity contribution in [1.82, 2.24) is 4.90 Å². The summed E-state index contributed by atoms with van der Waals surface area (Å²) in [6, 6.07) is 1.38. The number of halogens is 3. The molecular formula is C15H18F3NO2. The van der Waals surface area contributed by atoms with Crippen molar-refractivity contribution in [1.29, 1.82) is 0 Å². The average molecular weight is 301 g/mol. The van der Waals surface area contributed by atoms with Crippen molar-refractivity contribution in [2.24, 2.45) is 5.92 Å². The Morgan fingerprint density at radius 3 is 2.29 bits per heavy atom. The van der Waals surface area contributed by atoms with Crippen LogP contribution in [0.2, 0.25) is 0 Å². The maximum absolute atomic E-state index is 13.5. The first kappa shape index (κ1) is 15.8. The lowest BCUT2D eigenvalue weighted by Gasteiger charge is -2.29. The van der Waals surface area contributed by atoms with Gasteiger partial charge in [-0.2, -0.15) is 0 Å². The van der Waals surface area contributed by atoms with Gasteiger partial charge in [-0.3, -0.25) is 4.79 Å². The van der Waals surface area contributed by atoms with Gasteiger partial charge in [0.05, 0.1) is 5.92 Å². The van der Waals surface area contributed by atoms with E-state index in [0.29, 0.717) is 51.0 Å². The highest BCUT2D eigenvalue weighted by Crippen LogP contribution is 2.19. The number of piperidine rings is 1. The zero-order valence-corrected chi connectivity index (χ0v) is 11.6. The Kier molecular flexibility index (Phi) is 5.22. The van der Waals surface area contributed by atoms with E-state index in [1.54, 1.807) is 0 Å². The number of aliphatic carboxylic acids is 1. The molecule has 0 radical (unpaired) electrons. The fourth-order valence-corrected chi connectivity index (χ4v) is 2.69. The molecule has 1 N–H and O–H groups in total. The van der Waals surface area contributed by atoms with Gasteiger partial charge in [-0.15, -0.1) is 0 Å². The van der Waals surface area contributed by atoms with E-state index in [9.17, 15) is 18.0 Å². The maximum atomic E-state index is 13.5. The van der Waals surface area contributed by atoms with Gasteiger partial charge in [-0.25, -0.2) is 13.2 Å². The van der Waals surface area contributed by atoms with E-state index in [0.717, 1.165) is 0 Å². The molecule has 0 bridgehead atoms. The third-order valence-corrected chi connectivity index (χ3v) is 3.94. The van der Waals surface area contributed by atoms with E-state index in [1.807, 2.05) is 0 Å². The van der Waals surface area contributed by atoms with Crippen molar-refractivity contribution in [3.05, 3.63) is 35.1 Å². The van der Waals surface area contributed by atoms with Crippen LogP contribution in [0.3, 0.4) is 0 Å². The average Bonchev–Trinajstić information content (AvgIpc) is 2.42. The Bertz CT molecular complexity index is 491. The van der Waals surface area contributed by atoms with Crippen molar-refractivity contribution >= 4 is 5.97 Å². The highest BCUT2D eigenvalue weighted by atomic mass is 19.1. The van der Waals surface area contributed by atoms with Crippen molar-refractivity contribution in [3.8, 4) is 0 Å². The number of likely N-dealkylation sites (tertiary alicyclic amines) is 1. The molecule has 21 heavy (non-hydrogen) atoms. The minimum atomic E-state index is -0.913. The second kappa shape index (κ2) is 6.93. The number of benzene rings is 1. The van der Waals surface area contributed by atoms with Crippen molar-refractivity contribution < 1.29 is 23.1 Å². The lowest BCUT2D eigenvalue weighted by Crippen LogP contribution is -2.37. The van der Waals surface area contributed by atoms with Crippen molar-refractivity contribution in [3.63, 3.8) is 0 Å². The molecule has 0 atom stereocenters. The summed E-state index contributed by atoms with van der Waals surface area (Å²) >= 11 is 0. The van der Waals surface area contributed by atoms with E-state index >= 15 is 0 Å². The van der Waals surface area contributed by atoms with E-state index < -0.39 is 23.4 Å². The summed E-state index contributed by atoms with van der Waals surface area (Å²) in [5.41, 5.74) is -0.0863. The normalized spacial score (nSPS) is 17.1. The summed E-state index contributed by atoms with van der Waals surface area (Å²) in [7, 11) is 0. The van der Waals surface area contributed by atoms with Crippen LogP contribution < -0.4 is 0 Å². The van der Waals surface area contributed by atoms with Crippen LogP contribution in [0.4, 0.5) is 13.2 Å². The Labute approximate surface area is 121 Å². The zero-order chi connectivity index (χ0) is 15.4. The van der Waals surface area contributed by atoms with Gasteiger partial charge >= 0.3 is 5.97 Å². The van der Waals surface area contributed by atoms with Gasteiger partial charge in [0.2, 0.25) is 0 Å².